The Bertz CT molecular complexity index is 1420. The quantitative estimate of drug-likeness (QED) is 0.0844. The molecule has 0 unspecified atom stereocenters. The summed E-state index contributed by atoms with van der Waals surface area (Å²) < 4.78 is 54.4. The number of aliphatic hydroxyl groups excluding tert-OH is 2. The summed E-state index contributed by atoms with van der Waals surface area (Å²) in [6, 6.07) is -0.786. The van der Waals surface area contributed by atoms with Crippen molar-refractivity contribution < 1.29 is 77.1 Å². The molecule has 17 heteroatoms. The largest absolute Gasteiger partial charge is 0.462 e. The number of aldehydes is 1. The van der Waals surface area contributed by atoms with Gasteiger partial charge in [-0.05, 0) is 66.0 Å². The maximum Gasteiger partial charge on any atom is 0.309 e. The van der Waals surface area contributed by atoms with Crippen LogP contribution in [0.5, 0.6) is 0 Å². The Kier molecular flexibility index (Phi) is 17.9. The molecule has 18 atom stereocenters. The number of nitrogens with zero attached hydrogens (tertiary/aromatic N) is 1. The van der Waals surface area contributed by atoms with E-state index < -0.39 is 121 Å². The van der Waals surface area contributed by atoms with E-state index in [9.17, 15) is 34.5 Å². The number of carbonyl (C=O) groups is 4. The van der Waals surface area contributed by atoms with Crippen LogP contribution in [0.4, 0.5) is 0 Å². The fourth-order valence-corrected chi connectivity index (χ4v) is 8.62. The molecule has 4 rings (SSSR count). The summed E-state index contributed by atoms with van der Waals surface area (Å²) >= 11 is 0. The van der Waals surface area contributed by atoms with Gasteiger partial charge in [0.2, 0.25) is 0 Å². The summed E-state index contributed by atoms with van der Waals surface area (Å²) in [5.74, 6) is -2.85. The second-order valence-corrected chi connectivity index (χ2v) is 17.7. The number of methoxy groups -OCH3 is 1. The molecule has 0 saturated carbocycles. The van der Waals surface area contributed by atoms with Crippen LogP contribution < -0.4 is 0 Å². The van der Waals surface area contributed by atoms with E-state index >= 15 is 0 Å². The second-order valence-electron chi connectivity index (χ2n) is 17.7. The highest BCUT2D eigenvalue weighted by atomic mass is 16.7. The van der Waals surface area contributed by atoms with Crippen molar-refractivity contribution in [3.63, 3.8) is 0 Å². The van der Waals surface area contributed by atoms with E-state index in [1.54, 1.807) is 58.8 Å². The standard InChI is InChI=1S/C42H69NO16/c1-21(2)16-32(47)57-40-25(6)53-34(20-42(40,8)50)58-37-24(5)54-41(36(49)35(37)43(9)10)59-38-27(14-15-44)17-22(3)28(46)12-13-29-30(56-29)18-23(4)52-33(48)19-31(39(38)51-11)55-26(7)45/h12-13,15,21-25,27-31,34-41,46,49-50H,14,16-20H2,1-11H3/b13-12-/t22-,23+,24-,25+,27-,28-,29-,30+,31+,34+,35+,36-,37-,38+,39-,40-,41+,42-/m1/s1. The molecule has 0 aromatic carbocycles. The van der Waals surface area contributed by atoms with Gasteiger partial charge in [-0.3, -0.25) is 14.4 Å². The summed E-state index contributed by atoms with van der Waals surface area (Å²) in [4.78, 5) is 52.5. The van der Waals surface area contributed by atoms with Crippen molar-refractivity contribution in [2.75, 3.05) is 21.2 Å². The van der Waals surface area contributed by atoms with Gasteiger partial charge in [0, 0.05) is 39.7 Å². The fourth-order valence-electron chi connectivity index (χ4n) is 8.62. The van der Waals surface area contributed by atoms with Gasteiger partial charge in [-0.25, -0.2) is 0 Å². The Morgan fingerprint density at radius 1 is 0.983 bits per heavy atom. The Balaban J connectivity index is 1.63. The van der Waals surface area contributed by atoms with Crippen molar-refractivity contribution in [1.29, 1.82) is 0 Å². The van der Waals surface area contributed by atoms with E-state index in [0.29, 0.717) is 12.7 Å². The van der Waals surface area contributed by atoms with E-state index in [-0.39, 0.29) is 43.8 Å². The topological polar surface area (TPSA) is 219 Å². The third-order valence-electron chi connectivity index (χ3n) is 11.6. The summed E-state index contributed by atoms with van der Waals surface area (Å²) in [6.07, 6.45) is -8.10. The predicted molar refractivity (Wildman–Crippen MR) is 209 cm³/mol. The second kappa shape index (κ2) is 21.5. The zero-order valence-electron chi connectivity index (χ0n) is 36.5. The number of hydrogen-bond donors (Lipinski definition) is 3. The summed E-state index contributed by atoms with van der Waals surface area (Å²) in [6.45, 7) is 13.5. The smallest absolute Gasteiger partial charge is 0.309 e. The molecular weight excluding hydrogens is 774 g/mol. The number of cyclic esters (lactones) is 1. The number of rotatable bonds is 12. The molecule has 0 amide bonds. The van der Waals surface area contributed by atoms with Crippen LogP contribution in [0.15, 0.2) is 12.2 Å². The maximum atomic E-state index is 13.3. The molecule has 3 fully saturated rings. The van der Waals surface area contributed by atoms with Crippen LogP contribution in [0, 0.1) is 17.8 Å². The van der Waals surface area contributed by atoms with E-state index in [1.165, 1.54) is 14.0 Å². The molecule has 17 nitrogen and oxygen atoms in total. The first kappa shape index (κ1) is 49.1. The minimum atomic E-state index is -1.50. The Morgan fingerprint density at radius 2 is 1.68 bits per heavy atom. The van der Waals surface area contributed by atoms with E-state index in [4.69, 9.17) is 42.6 Å². The van der Waals surface area contributed by atoms with Crippen LogP contribution >= 0.6 is 0 Å². The molecule has 0 aromatic rings. The number of ether oxygens (including phenoxy) is 9. The number of fused-ring (bicyclic) bond motifs is 1. The average Bonchev–Trinajstić information content (AvgIpc) is 3.85. The van der Waals surface area contributed by atoms with Gasteiger partial charge in [0.05, 0.1) is 43.0 Å². The molecule has 0 bridgehead atoms. The van der Waals surface area contributed by atoms with Crippen LogP contribution in [0.2, 0.25) is 0 Å². The average molecular weight is 844 g/mol. The number of aliphatic hydroxyl groups is 3. The molecule has 59 heavy (non-hydrogen) atoms. The number of esters is 3. The van der Waals surface area contributed by atoms with E-state index in [0.717, 1.165) is 0 Å². The molecule has 338 valence electrons. The molecule has 4 heterocycles. The van der Waals surface area contributed by atoms with Crippen molar-refractivity contribution in [1.82, 2.24) is 4.90 Å². The molecule has 0 radical (unpaired) electrons. The Morgan fingerprint density at radius 3 is 2.27 bits per heavy atom. The monoisotopic (exact) mass is 843 g/mol. The van der Waals surface area contributed by atoms with Gasteiger partial charge in [0.1, 0.15) is 48.5 Å². The molecular formula is C42H69NO16. The SMILES string of the molecule is CO[C@H]1[C@@H](O[C@@H]2O[C@H](C)[C@@H](O[C@H]3C[C@@](C)(O)[C@H](OC(=O)CC(C)C)[C@H](C)O3)[C@@H](N(C)C)[C@H]2O)[C@H](CC=O)C[C@@H](C)[C@H](O)/C=C\[C@H]2O[C@H]2C[C@H](C)OC(=O)C[C@@H]1OC(C)=O. The van der Waals surface area contributed by atoms with Crippen molar-refractivity contribution in [3.8, 4) is 0 Å². The van der Waals surface area contributed by atoms with Gasteiger partial charge >= 0.3 is 17.9 Å². The van der Waals surface area contributed by atoms with Crippen molar-refractivity contribution in [3.05, 3.63) is 12.2 Å². The van der Waals surface area contributed by atoms with Gasteiger partial charge in [0.15, 0.2) is 18.7 Å². The molecule has 0 aliphatic carbocycles. The zero-order valence-corrected chi connectivity index (χ0v) is 36.5. The van der Waals surface area contributed by atoms with Gasteiger partial charge in [-0.2, -0.15) is 0 Å². The normalized spacial score (nSPS) is 43.0. The molecule has 4 aliphatic heterocycles. The maximum absolute atomic E-state index is 13.3. The van der Waals surface area contributed by atoms with Crippen molar-refractivity contribution in [2.45, 2.75) is 191 Å². The lowest BCUT2D eigenvalue weighted by Crippen LogP contribution is -2.66. The third kappa shape index (κ3) is 13.5. The minimum absolute atomic E-state index is 0.0481. The molecule has 0 spiro atoms. The fraction of sp³-hybridized carbons (Fsp3) is 0.857. The van der Waals surface area contributed by atoms with Crippen LogP contribution in [-0.4, -0.2) is 163 Å². The highest BCUT2D eigenvalue weighted by Crippen LogP contribution is 2.38. The van der Waals surface area contributed by atoms with Crippen LogP contribution in [0.3, 0.4) is 0 Å². The van der Waals surface area contributed by atoms with Gasteiger partial charge in [-0.1, -0.05) is 32.9 Å². The minimum Gasteiger partial charge on any atom is -0.462 e. The highest BCUT2D eigenvalue weighted by molar-refractivity contribution is 5.72. The lowest BCUT2D eigenvalue weighted by atomic mass is 9.82. The summed E-state index contributed by atoms with van der Waals surface area (Å²) in [5, 5.41) is 34.8. The predicted octanol–water partition coefficient (Wildman–Crippen LogP) is 2.22. The van der Waals surface area contributed by atoms with Crippen LogP contribution in [0.25, 0.3) is 0 Å². The summed E-state index contributed by atoms with van der Waals surface area (Å²) in [5.41, 5.74) is -1.50. The van der Waals surface area contributed by atoms with Crippen molar-refractivity contribution in [2.24, 2.45) is 17.8 Å². The number of likely N-dealkylation sites (N-methyl/N-ethyl adjacent to an activating group) is 1. The summed E-state index contributed by atoms with van der Waals surface area (Å²) in [7, 11) is 4.85. The lowest BCUT2D eigenvalue weighted by molar-refractivity contribution is -0.344. The van der Waals surface area contributed by atoms with Crippen LogP contribution in [0.1, 0.15) is 93.9 Å². The Labute approximate surface area is 348 Å². The van der Waals surface area contributed by atoms with Crippen LogP contribution in [-0.2, 0) is 61.8 Å². The first-order chi connectivity index (χ1) is 27.6. The lowest BCUT2D eigenvalue weighted by Gasteiger charge is -2.50. The van der Waals surface area contributed by atoms with E-state index in [1.807, 2.05) is 20.8 Å². The molecule has 4 aliphatic rings. The van der Waals surface area contributed by atoms with E-state index in [2.05, 4.69) is 0 Å². The number of hydrogen-bond acceptors (Lipinski definition) is 17. The first-order valence-corrected chi connectivity index (χ1v) is 20.9. The van der Waals surface area contributed by atoms with Crippen molar-refractivity contribution >= 4 is 24.2 Å². The Hall–Kier alpha value is -2.58. The number of carbonyl (C=O) groups excluding carboxylic acids is 4. The van der Waals surface area contributed by atoms with Gasteiger partial charge < -0.3 is 67.6 Å². The number of epoxide rings is 1. The molecule has 0 aromatic heterocycles. The zero-order chi connectivity index (χ0) is 43.9. The molecule has 3 saturated heterocycles. The highest BCUT2D eigenvalue weighted by Gasteiger charge is 2.53. The first-order valence-electron chi connectivity index (χ1n) is 20.9. The van der Waals surface area contributed by atoms with Gasteiger partial charge in [-0.15, -0.1) is 0 Å². The molecule has 3 N–H and O–H groups in total. The van der Waals surface area contributed by atoms with Gasteiger partial charge in [0.25, 0.3) is 0 Å². The third-order valence-corrected chi connectivity index (χ3v) is 11.6.